The van der Waals surface area contributed by atoms with Gasteiger partial charge in [-0.25, -0.2) is 14.5 Å². The molecular formula is C9H9ClN4O. The number of rotatable bonds is 2. The van der Waals surface area contributed by atoms with E-state index in [4.69, 9.17) is 11.6 Å². The van der Waals surface area contributed by atoms with Crippen LogP contribution >= 0.6 is 11.6 Å². The number of hydrogen-bond acceptors (Lipinski definition) is 3. The molecule has 0 aliphatic rings. The highest BCUT2D eigenvalue weighted by Gasteiger charge is 2.03. The first kappa shape index (κ1) is 9.92. The van der Waals surface area contributed by atoms with Crippen LogP contribution in [0.2, 0.25) is 5.15 Å². The Morgan fingerprint density at radius 1 is 1.47 bits per heavy atom. The SMILES string of the molecule is Cn1cnn(Cc2cccc(Cl)n2)c1=O. The van der Waals surface area contributed by atoms with Crippen LogP contribution in [0.5, 0.6) is 0 Å². The average molecular weight is 225 g/mol. The summed E-state index contributed by atoms with van der Waals surface area (Å²) in [5, 5.41) is 4.34. The summed E-state index contributed by atoms with van der Waals surface area (Å²) >= 11 is 5.73. The van der Waals surface area contributed by atoms with Gasteiger partial charge in [0.05, 0.1) is 12.2 Å². The number of aryl methyl sites for hydroxylation is 1. The lowest BCUT2D eigenvalue weighted by Crippen LogP contribution is -2.23. The summed E-state index contributed by atoms with van der Waals surface area (Å²) in [6, 6.07) is 5.28. The molecule has 0 saturated carbocycles. The topological polar surface area (TPSA) is 52.7 Å². The van der Waals surface area contributed by atoms with Crippen molar-refractivity contribution in [2.24, 2.45) is 7.05 Å². The monoisotopic (exact) mass is 224 g/mol. The maximum atomic E-state index is 11.5. The first-order valence-electron chi connectivity index (χ1n) is 4.36. The van der Waals surface area contributed by atoms with Gasteiger partial charge in [0.2, 0.25) is 0 Å². The van der Waals surface area contributed by atoms with Crippen molar-refractivity contribution in [1.82, 2.24) is 19.3 Å². The van der Waals surface area contributed by atoms with E-state index >= 15 is 0 Å². The molecule has 2 heterocycles. The predicted octanol–water partition coefficient (Wildman–Crippen LogP) is 0.678. The summed E-state index contributed by atoms with van der Waals surface area (Å²) in [4.78, 5) is 15.5. The highest BCUT2D eigenvalue weighted by molar-refractivity contribution is 6.29. The van der Waals surface area contributed by atoms with Gasteiger partial charge in [0.1, 0.15) is 11.5 Å². The third-order valence-corrected chi connectivity index (χ3v) is 2.18. The molecule has 0 atom stereocenters. The molecule has 0 N–H and O–H groups in total. The van der Waals surface area contributed by atoms with Gasteiger partial charge in [-0.05, 0) is 12.1 Å². The molecule has 2 rings (SSSR count). The molecule has 2 aromatic rings. The van der Waals surface area contributed by atoms with Gasteiger partial charge in [0.15, 0.2) is 0 Å². The molecule has 6 heteroatoms. The summed E-state index contributed by atoms with van der Waals surface area (Å²) < 4.78 is 2.74. The minimum absolute atomic E-state index is 0.170. The minimum atomic E-state index is -0.170. The summed E-state index contributed by atoms with van der Waals surface area (Å²) in [5.41, 5.74) is 0.542. The molecular weight excluding hydrogens is 216 g/mol. The largest absolute Gasteiger partial charge is 0.345 e. The van der Waals surface area contributed by atoms with E-state index in [1.54, 1.807) is 25.2 Å². The van der Waals surface area contributed by atoms with Gasteiger partial charge in [-0.15, -0.1) is 0 Å². The van der Waals surface area contributed by atoms with Crippen LogP contribution < -0.4 is 5.69 Å². The van der Waals surface area contributed by atoms with Gasteiger partial charge in [0, 0.05) is 7.05 Å². The Hall–Kier alpha value is -1.62. The zero-order chi connectivity index (χ0) is 10.8. The molecule has 0 aliphatic carbocycles. The van der Waals surface area contributed by atoms with E-state index in [1.165, 1.54) is 15.6 Å². The third-order valence-electron chi connectivity index (χ3n) is 1.97. The van der Waals surface area contributed by atoms with Crippen LogP contribution in [0.1, 0.15) is 5.69 Å². The van der Waals surface area contributed by atoms with Crippen LogP contribution in [0.15, 0.2) is 29.3 Å². The summed E-state index contributed by atoms with van der Waals surface area (Å²) in [6.07, 6.45) is 1.47. The van der Waals surface area contributed by atoms with Crippen LogP contribution in [0.25, 0.3) is 0 Å². The Balaban J connectivity index is 2.30. The first-order valence-corrected chi connectivity index (χ1v) is 4.74. The Kier molecular flexibility index (Phi) is 2.55. The van der Waals surface area contributed by atoms with Crippen molar-refractivity contribution in [1.29, 1.82) is 0 Å². The van der Waals surface area contributed by atoms with Crippen LogP contribution in [-0.2, 0) is 13.6 Å². The predicted molar refractivity (Wildman–Crippen MR) is 55.8 cm³/mol. The number of hydrogen-bond donors (Lipinski definition) is 0. The molecule has 15 heavy (non-hydrogen) atoms. The smallest absolute Gasteiger partial charge is 0.285 e. The molecule has 0 spiro atoms. The molecule has 78 valence electrons. The lowest BCUT2D eigenvalue weighted by atomic mass is 10.3. The second kappa shape index (κ2) is 3.86. The number of halogens is 1. The van der Waals surface area contributed by atoms with Crippen LogP contribution in [0.3, 0.4) is 0 Å². The zero-order valence-corrected chi connectivity index (χ0v) is 8.85. The number of aromatic nitrogens is 4. The van der Waals surface area contributed by atoms with Crippen molar-refractivity contribution in [3.05, 3.63) is 45.9 Å². The third kappa shape index (κ3) is 2.07. The van der Waals surface area contributed by atoms with Gasteiger partial charge in [-0.1, -0.05) is 17.7 Å². The van der Waals surface area contributed by atoms with E-state index in [2.05, 4.69) is 10.1 Å². The van der Waals surface area contributed by atoms with Crippen LogP contribution in [-0.4, -0.2) is 19.3 Å². The Bertz CT molecular complexity index is 531. The zero-order valence-electron chi connectivity index (χ0n) is 8.09. The van der Waals surface area contributed by atoms with E-state index in [1.807, 2.05) is 0 Å². The highest BCUT2D eigenvalue weighted by Crippen LogP contribution is 2.05. The molecule has 0 unspecified atom stereocenters. The van der Waals surface area contributed by atoms with Gasteiger partial charge in [0.25, 0.3) is 0 Å². The summed E-state index contributed by atoms with van der Waals surface area (Å²) in [5.74, 6) is 0. The quantitative estimate of drug-likeness (QED) is 0.705. The molecule has 0 saturated heterocycles. The molecule has 0 aliphatic heterocycles. The molecule has 0 amide bonds. The summed E-state index contributed by atoms with van der Waals surface area (Å²) in [6.45, 7) is 0.334. The second-order valence-corrected chi connectivity index (χ2v) is 3.52. The number of pyridine rings is 1. The highest BCUT2D eigenvalue weighted by atomic mass is 35.5. The first-order chi connectivity index (χ1) is 7.16. The van der Waals surface area contributed by atoms with Crippen molar-refractivity contribution >= 4 is 11.6 Å². The Morgan fingerprint density at radius 2 is 2.27 bits per heavy atom. The lowest BCUT2D eigenvalue weighted by Gasteiger charge is -1.99. The fourth-order valence-corrected chi connectivity index (χ4v) is 1.40. The van der Waals surface area contributed by atoms with Crippen molar-refractivity contribution in [3.8, 4) is 0 Å². The molecule has 0 fully saturated rings. The molecule has 0 bridgehead atoms. The summed E-state index contributed by atoms with van der Waals surface area (Å²) in [7, 11) is 1.65. The Labute approximate surface area is 90.9 Å². The van der Waals surface area contributed by atoms with Crippen molar-refractivity contribution in [2.45, 2.75) is 6.54 Å². The van der Waals surface area contributed by atoms with Crippen LogP contribution in [0.4, 0.5) is 0 Å². The van der Waals surface area contributed by atoms with E-state index < -0.39 is 0 Å². The van der Waals surface area contributed by atoms with Gasteiger partial charge in [-0.3, -0.25) is 4.57 Å². The average Bonchev–Trinajstić information content (AvgIpc) is 2.50. The fourth-order valence-electron chi connectivity index (χ4n) is 1.22. The molecule has 0 radical (unpaired) electrons. The van der Waals surface area contributed by atoms with Gasteiger partial charge < -0.3 is 0 Å². The van der Waals surface area contributed by atoms with Crippen molar-refractivity contribution in [3.63, 3.8) is 0 Å². The van der Waals surface area contributed by atoms with Crippen molar-refractivity contribution < 1.29 is 0 Å². The lowest BCUT2D eigenvalue weighted by molar-refractivity contribution is 0.635. The Morgan fingerprint density at radius 3 is 2.87 bits per heavy atom. The number of nitrogens with zero attached hydrogens (tertiary/aromatic N) is 4. The van der Waals surface area contributed by atoms with Gasteiger partial charge in [-0.2, -0.15) is 5.10 Å². The minimum Gasteiger partial charge on any atom is -0.285 e. The van der Waals surface area contributed by atoms with Crippen molar-refractivity contribution in [2.75, 3.05) is 0 Å². The van der Waals surface area contributed by atoms with E-state index in [-0.39, 0.29) is 5.69 Å². The molecule has 0 aromatic carbocycles. The molecule has 5 nitrogen and oxygen atoms in total. The molecule has 2 aromatic heterocycles. The fraction of sp³-hybridized carbons (Fsp3) is 0.222. The maximum absolute atomic E-state index is 11.5. The van der Waals surface area contributed by atoms with E-state index in [0.29, 0.717) is 17.4 Å². The van der Waals surface area contributed by atoms with E-state index in [9.17, 15) is 4.79 Å². The van der Waals surface area contributed by atoms with E-state index in [0.717, 1.165) is 0 Å². The normalized spacial score (nSPS) is 10.5. The maximum Gasteiger partial charge on any atom is 0.345 e. The standard InChI is InChI=1S/C9H9ClN4O/c1-13-6-11-14(9(13)15)5-7-3-2-4-8(10)12-7/h2-4,6H,5H2,1H3. The van der Waals surface area contributed by atoms with Crippen LogP contribution in [0, 0.1) is 0 Å². The second-order valence-electron chi connectivity index (χ2n) is 3.13. The van der Waals surface area contributed by atoms with Gasteiger partial charge >= 0.3 is 5.69 Å².